The van der Waals surface area contributed by atoms with E-state index in [-0.39, 0.29) is 6.10 Å². The van der Waals surface area contributed by atoms with Crippen LogP contribution in [0.1, 0.15) is 57.6 Å². The van der Waals surface area contributed by atoms with Crippen LogP contribution in [-0.4, -0.2) is 53.8 Å². The number of aliphatic imine (C=N–C) groups is 1. The molecular weight excluding hydrogens is 348 g/mol. The van der Waals surface area contributed by atoms with E-state index in [2.05, 4.69) is 60.6 Å². The summed E-state index contributed by atoms with van der Waals surface area (Å²) in [4.78, 5) is 7.58. The topological polar surface area (TPSA) is 59.9 Å². The van der Waals surface area contributed by atoms with Crippen molar-refractivity contribution in [1.82, 2.24) is 15.5 Å². The number of benzene rings is 1. The fourth-order valence-electron chi connectivity index (χ4n) is 4.47. The lowest BCUT2D eigenvalue weighted by Crippen LogP contribution is -2.47. The minimum Gasteiger partial charge on any atom is -0.393 e. The molecule has 156 valence electrons. The average Bonchev–Trinajstić information content (AvgIpc) is 2.69. The number of hydrogen-bond donors (Lipinski definition) is 3. The predicted octanol–water partition coefficient (Wildman–Crippen LogP) is 2.93. The Balaban J connectivity index is 1.63. The van der Waals surface area contributed by atoms with Gasteiger partial charge in [-0.1, -0.05) is 38.1 Å². The standard InChI is InChI=1S/C23H38N4O/c1-4-24-23(26-20-9-11-21(28)12-10-20)25-15-22(17(2)3)27-14-13-18-7-5-6-8-19(18)16-27/h5-8,17,20-22,28H,4,9-16H2,1-3H3,(H2,24,25,26). The summed E-state index contributed by atoms with van der Waals surface area (Å²) in [5, 5.41) is 16.7. The highest BCUT2D eigenvalue weighted by Crippen LogP contribution is 2.23. The molecule has 1 aliphatic heterocycles. The maximum atomic E-state index is 9.74. The summed E-state index contributed by atoms with van der Waals surface area (Å²) in [7, 11) is 0. The summed E-state index contributed by atoms with van der Waals surface area (Å²) in [5.74, 6) is 1.48. The van der Waals surface area contributed by atoms with Gasteiger partial charge in [-0.2, -0.15) is 0 Å². The zero-order valence-corrected chi connectivity index (χ0v) is 17.8. The molecular formula is C23H38N4O. The van der Waals surface area contributed by atoms with E-state index in [1.807, 2.05) is 0 Å². The van der Waals surface area contributed by atoms with Crippen LogP contribution in [0, 0.1) is 5.92 Å². The number of guanidine groups is 1. The van der Waals surface area contributed by atoms with Crippen LogP contribution in [0.25, 0.3) is 0 Å². The molecule has 1 heterocycles. The largest absolute Gasteiger partial charge is 0.393 e. The molecule has 3 rings (SSSR count). The zero-order chi connectivity index (χ0) is 19.9. The molecule has 28 heavy (non-hydrogen) atoms. The molecule has 1 saturated carbocycles. The SMILES string of the molecule is CCNC(=NCC(C(C)C)N1CCc2ccccc2C1)NC1CCC(O)CC1. The maximum absolute atomic E-state index is 9.74. The molecule has 1 aromatic rings. The van der Waals surface area contributed by atoms with Gasteiger partial charge >= 0.3 is 0 Å². The summed E-state index contributed by atoms with van der Waals surface area (Å²) in [6.07, 6.45) is 4.82. The van der Waals surface area contributed by atoms with Crippen molar-refractivity contribution in [2.45, 2.75) is 77.6 Å². The third-order valence-corrected chi connectivity index (χ3v) is 6.22. The monoisotopic (exact) mass is 386 g/mol. The maximum Gasteiger partial charge on any atom is 0.191 e. The van der Waals surface area contributed by atoms with Crippen LogP contribution >= 0.6 is 0 Å². The van der Waals surface area contributed by atoms with Crippen molar-refractivity contribution in [3.05, 3.63) is 35.4 Å². The van der Waals surface area contributed by atoms with Gasteiger partial charge in [0, 0.05) is 31.7 Å². The summed E-state index contributed by atoms with van der Waals surface area (Å²) < 4.78 is 0. The van der Waals surface area contributed by atoms with Gasteiger partial charge in [0.25, 0.3) is 0 Å². The highest BCUT2D eigenvalue weighted by Gasteiger charge is 2.26. The molecule has 0 spiro atoms. The quantitative estimate of drug-likeness (QED) is 0.520. The van der Waals surface area contributed by atoms with Crippen molar-refractivity contribution in [3.63, 3.8) is 0 Å². The van der Waals surface area contributed by atoms with Crippen molar-refractivity contribution in [2.24, 2.45) is 10.9 Å². The van der Waals surface area contributed by atoms with Crippen molar-refractivity contribution in [3.8, 4) is 0 Å². The van der Waals surface area contributed by atoms with Crippen molar-refractivity contribution < 1.29 is 5.11 Å². The Bertz CT molecular complexity index is 637. The molecule has 2 aliphatic rings. The first-order chi connectivity index (χ1) is 13.6. The lowest BCUT2D eigenvalue weighted by Gasteiger charge is -2.37. The Hall–Kier alpha value is -1.59. The summed E-state index contributed by atoms with van der Waals surface area (Å²) >= 11 is 0. The second-order valence-corrected chi connectivity index (χ2v) is 8.67. The number of aliphatic hydroxyl groups is 1. The molecule has 0 bridgehead atoms. The highest BCUT2D eigenvalue weighted by atomic mass is 16.3. The third-order valence-electron chi connectivity index (χ3n) is 6.22. The molecule has 1 atom stereocenters. The van der Waals surface area contributed by atoms with Crippen LogP contribution in [0.4, 0.5) is 0 Å². The first-order valence-corrected chi connectivity index (χ1v) is 11.1. The second-order valence-electron chi connectivity index (χ2n) is 8.67. The molecule has 3 N–H and O–H groups in total. The van der Waals surface area contributed by atoms with Gasteiger partial charge in [-0.3, -0.25) is 9.89 Å². The predicted molar refractivity (Wildman–Crippen MR) is 117 cm³/mol. The molecule has 1 aliphatic carbocycles. The van der Waals surface area contributed by atoms with E-state index in [0.717, 1.165) is 64.2 Å². The van der Waals surface area contributed by atoms with E-state index < -0.39 is 0 Å². The Kier molecular flexibility index (Phi) is 7.74. The van der Waals surface area contributed by atoms with E-state index in [1.165, 1.54) is 11.1 Å². The first kappa shape index (κ1) is 21.1. The van der Waals surface area contributed by atoms with Crippen LogP contribution < -0.4 is 10.6 Å². The molecule has 1 fully saturated rings. The Morgan fingerprint density at radius 1 is 1.18 bits per heavy atom. The average molecular weight is 387 g/mol. The second kappa shape index (κ2) is 10.3. The molecule has 0 radical (unpaired) electrons. The molecule has 0 amide bonds. The van der Waals surface area contributed by atoms with Crippen molar-refractivity contribution in [2.75, 3.05) is 19.6 Å². The molecule has 0 saturated heterocycles. The molecule has 5 heteroatoms. The summed E-state index contributed by atoms with van der Waals surface area (Å²) in [5.41, 5.74) is 2.97. The van der Waals surface area contributed by atoms with E-state index in [0.29, 0.717) is 18.0 Å². The number of aliphatic hydroxyl groups excluding tert-OH is 1. The van der Waals surface area contributed by atoms with Gasteiger partial charge in [-0.05, 0) is 56.1 Å². The fraction of sp³-hybridized carbons (Fsp3) is 0.696. The van der Waals surface area contributed by atoms with E-state index in [4.69, 9.17) is 4.99 Å². The zero-order valence-electron chi connectivity index (χ0n) is 17.8. The van der Waals surface area contributed by atoms with Gasteiger partial charge in [0.15, 0.2) is 5.96 Å². The smallest absolute Gasteiger partial charge is 0.191 e. The molecule has 5 nitrogen and oxygen atoms in total. The van der Waals surface area contributed by atoms with E-state index in [1.54, 1.807) is 0 Å². The Morgan fingerprint density at radius 2 is 1.89 bits per heavy atom. The third kappa shape index (κ3) is 5.71. The van der Waals surface area contributed by atoms with Crippen LogP contribution in [0.5, 0.6) is 0 Å². The van der Waals surface area contributed by atoms with Gasteiger partial charge in [-0.15, -0.1) is 0 Å². The number of nitrogens with zero attached hydrogens (tertiary/aromatic N) is 2. The Labute approximate surface area is 170 Å². The summed E-state index contributed by atoms with van der Waals surface area (Å²) in [6.45, 7) is 10.5. The van der Waals surface area contributed by atoms with Gasteiger partial charge in [-0.25, -0.2) is 0 Å². The van der Waals surface area contributed by atoms with Crippen LogP contribution in [0.3, 0.4) is 0 Å². The Morgan fingerprint density at radius 3 is 2.57 bits per heavy atom. The number of rotatable bonds is 6. The van der Waals surface area contributed by atoms with Gasteiger partial charge in [0.05, 0.1) is 12.6 Å². The minimum absolute atomic E-state index is 0.120. The molecule has 0 aromatic heterocycles. The first-order valence-electron chi connectivity index (χ1n) is 11.1. The van der Waals surface area contributed by atoms with Crippen LogP contribution in [0.15, 0.2) is 29.3 Å². The van der Waals surface area contributed by atoms with E-state index in [9.17, 15) is 5.11 Å². The number of nitrogens with one attached hydrogen (secondary N) is 2. The van der Waals surface area contributed by atoms with Gasteiger partial charge in [0.2, 0.25) is 0 Å². The molecule has 1 unspecified atom stereocenters. The van der Waals surface area contributed by atoms with Gasteiger partial charge < -0.3 is 15.7 Å². The normalized spacial score (nSPS) is 24.7. The van der Waals surface area contributed by atoms with Gasteiger partial charge in [0.1, 0.15) is 0 Å². The number of hydrogen-bond acceptors (Lipinski definition) is 3. The van der Waals surface area contributed by atoms with E-state index >= 15 is 0 Å². The highest BCUT2D eigenvalue weighted by molar-refractivity contribution is 5.80. The van der Waals surface area contributed by atoms with Crippen LogP contribution in [0.2, 0.25) is 0 Å². The van der Waals surface area contributed by atoms with Crippen molar-refractivity contribution in [1.29, 1.82) is 0 Å². The minimum atomic E-state index is -0.120. The van der Waals surface area contributed by atoms with Crippen LogP contribution in [-0.2, 0) is 13.0 Å². The summed E-state index contributed by atoms with van der Waals surface area (Å²) in [6, 6.07) is 9.70. The molecule has 1 aromatic carbocycles. The lowest BCUT2D eigenvalue weighted by molar-refractivity contribution is 0.120. The fourth-order valence-corrected chi connectivity index (χ4v) is 4.47. The number of fused-ring (bicyclic) bond motifs is 1. The lowest BCUT2D eigenvalue weighted by atomic mass is 9.93. The van der Waals surface area contributed by atoms with Crippen molar-refractivity contribution >= 4 is 5.96 Å².